The molecule has 0 aromatic heterocycles. The zero-order valence-electron chi connectivity index (χ0n) is 14.9. The Hall–Kier alpha value is -1.46. The van der Waals surface area contributed by atoms with Crippen molar-refractivity contribution in [3.63, 3.8) is 0 Å². The molecule has 1 heterocycles. The molecule has 1 amide bonds. The van der Waals surface area contributed by atoms with Crippen LogP contribution in [-0.2, 0) is 11.3 Å². The molecule has 1 aliphatic heterocycles. The van der Waals surface area contributed by atoms with Crippen LogP contribution in [0.4, 0.5) is 4.39 Å². The van der Waals surface area contributed by atoms with E-state index in [1.54, 1.807) is 0 Å². The van der Waals surface area contributed by atoms with Crippen LogP contribution in [0.15, 0.2) is 24.3 Å². The number of benzene rings is 1. The standard InChI is InChI=1S/C19H30FN3O/c1-3-19(4-2,15-21)18(24)23-11-5-10-22(12-13-23)14-16-6-8-17(20)9-7-16/h6-9H,3-5,10-15,21H2,1-2H3. The summed E-state index contributed by atoms with van der Waals surface area (Å²) in [5, 5.41) is 0. The summed E-state index contributed by atoms with van der Waals surface area (Å²) < 4.78 is 13.0. The highest BCUT2D eigenvalue weighted by Gasteiger charge is 2.37. The lowest BCUT2D eigenvalue weighted by Gasteiger charge is -2.34. The van der Waals surface area contributed by atoms with Gasteiger partial charge in [-0.2, -0.15) is 0 Å². The zero-order valence-corrected chi connectivity index (χ0v) is 14.9. The highest BCUT2D eigenvalue weighted by molar-refractivity contribution is 5.83. The number of halogens is 1. The van der Waals surface area contributed by atoms with Gasteiger partial charge >= 0.3 is 0 Å². The molecule has 1 aromatic rings. The van der Waals surface area contributed by atoms with E-state index in [4.69, 9.17) is 5.73 Å². The summed E-state index contributed by atoms with van der Waals surface area (Å²) in [6.07, 6.45) is 2.53. The number of hydrogen-bond donors (Lipinski definition) is 1. The minimum atomic E-state index is -0.411. The Bertz CT molecular complexity index is 520. The minimum Gasteiger partial charge on any atom is -0.341 e. The Balaban J connectivity index is 1.96. The van der Waals surface area contributed by atoms with E-state index in [1.165, 1.54) is 12.1 Å². The van der Waals surface area contributed by atoms with Crippen molar-refractivity contribution >= 4 is 5.91 Å². The maximum absolute atomic E-state index is 13.0. The van der Waals surface area contributed by atoms with Crippen LogP contribution in [0.25, 0.3) is 0 Å². The summed E-state index contributed by atoms with van der Waals surface area (Å²) in [5.74, 6) is 0.00211. The molecule has 1 saturated heterocycles. The Labute approximate surface area is 144 Å². The van der Waals surface area contributed by atoms with E-state index in [9.17, 15) is 9.18 Å². The normalized spacial score (nSPS) is 16.9. The van der Waals surface area contributed by atoms with Gasteiger partial charge in [0, 0.05) is 39.3 Å². The van der Waals surface area contributed by atoms with Crippen LogP contribution in [-0.4, -0.2) is 48.4 Å². The Kier molecular flexibility index (Phi) is 6.75. The van der Waals surface area contributed by atoms with Crippen LogP contribution in [0.2, 0.25) is 0 Å². The van der Waals surface area contributed by atoms with Gasteiger partial charge in [-0.05, 0) is 37.0 Å². The molecule has 134 valence electrons. The first kappa shape index (κ1) is 18.9. The third kappa shape index (κ3) is 4.33. The summed E-state index contributed by atoms with van der Waals surface area (Å²) in [4.78, 5) is 17.3. The van der Waals surface area contributed by atoms with E-state index in [-0.39, 0.29) is 11.7 Å². The predicted octanol–water partition coefficient (Wildman–Crippen LogP) is 2.63. The van der Waals surface area contributed by atoms with Gasteiger partial charge in [-0.3, -0.25) is 9.69 Å². The van der Waals surface area contributed by atoms with E-state index in [1.807, 2.05) is 30.9 Å². The number of nitrogens with zero attached hydrogens (tertiary/aromatic N) is 2. The summed E-state index contributed by atoms with van der Waals surface area (Å²) in [6, 6.07) is 6.66. The first-order valence-corrected chi connectivity index (χ1v) is 9.01. The quantitative estimate of drug-likeness (QED) is 0.869. The van der Waals surface area contributed by atoms with Gasteiger partial charge in [0.1, 0.15) is 5.82 Å². The van der Waals surface area contributed by atoms with Gasteiger partial charge in [0.2, 0.25) is 5.91 Å². The molecule has 24 heavy (non-hydrogen) atoms. The molecule has 0 atom stereocenters. The third-order valence-corrected chi connectivity index (χ3v) is 5.39. The Morgan fingerprint density at radius 1 is 1.12 bits per heavy atom. The van der Waals surface area contributed by atoms with Gasteiger partial charge in [0.25, 0.3) is 0 Å². The summed E-state index contributed by atoms with van der Waals surface area (Å²) in [6.45, 7) is 8.63. The number of rotatable bonds is 6. The van der Waals surface area contributed by atoms with Crippen LogP contribution < -0.4 is 5.73 Å². The maximum Gasteiger partial charge on any atom is 0.230 e. The number of hydrogen-bond acceptors (Lipinski definition) is 3. The van der Waals surface area contributed by atoms with E-state index >= 15 is 0 Å². The number of carbonyl (C=O) groups excluding carboxylic acids is 1. The Morgan fingerprint density at radius 3 is 2.38 bits per heavy atom. The Morgan fingerprint density at radius 2 is 1.79 bits per heavy atom. The number of nitrogens with two attached hydrogens (primary N) is 1. The molecule has 0 bridgehead atoms. The lowest BCUT2D eigenvalue weighted by atomic mass is 9.81. The summed E-state index contributed by atoms with van der Waals surface area (Å²) in [5.41, 5.74) is 6.62. The molecular formula is C19H30FN3O. The highest BCUT2D eigenvalue weighted by Crippen LogP contribution is 2.28. The molecule has 1 aromatic carbocycles. The highest BCUT2D eigenvalue weighted by atomic mass is 19.1. The van der Waals surface area contributed by atoms with Crippen LogP contribution in [0, 0.1) is 11.2 Å². The van der Waals surface area contributed by atoms with Crippen molar-refractivity contribution in [1.82, 2.24) is 9.80 Å². The molecule has 0 aliphatic carbocycles. The molecule has 4 nitrogen and oxygen atoms in total. The second kappa shape index (κ2) is 8.58. The average molecular weight is 335 g/mol. The van der Waals surface area contributed by atoms with Crippen LogP contribution >= 0.6 is 0 Å². The van der Waals surface area contributed by atoms with Crippen molar-refractivity contribution < 1.29 is 9.18 Å². The van der Waals surface area contributed by atoms with Crippen molar-refractivity contribution in [2.24, 2.45) is 11.1 Å². The molecular weight excluding hydrogens is 305 g/mol. The van der Waals surface area contributed by atoms with E-state index in [0.717, 1.165) is 57.5 Å². The van der Waals surface area contributed by atoms with Gasteiger partial charge in [0.15, 0.2) is 0 Å². The molecule has 1 aliphatic rings. The zero-order chi connectivity index (χ0) is 17.6. The third-order valence-electron chi connectivity index (χ3n) is 5.39. The lowest BCUT2D eigenvalue weighted by Crippen LogP contribution is -2.48. The molecule has 2 rings (SSSR count). The first-order chi connectivity index (χ1) is 11.5. The fraction of sp³-hybridized carbons (Fsp3) is 0.632. The summed E-state index contributed by atoms with van der Waals surface area (Å²) >= 11 is 0. The van der Waals surface area contributed by atoms with Crippen molar-refractivity contribution in [1.29, 1.82) is 0 Å². The second-order valence-corrected chi connectivity index (χ2v) is 6.74. The molecule has 2 N–H and O–H groups in total. The fourth-order valence-corrected chi connectivity index (χ4v) is 3.44. The van der Waals surface area contributed by atoms with Crippen molar-refractivity contribution in [3.05, 3.63) is 35.6 Å². The van der Waals surface area contributed by atoms with Gasteiger partial charge in [0.05, 0.1) is 5.41 Å². The van der Waals surface area contributed by atoms with Gasteiger partial charge in [-0.15, -0.1) is 0 Å². The first-order valence-electron chi connectivity index (χ1n) is 9.01. The van der Waals surface area contributed by atoms with Crippen LogP contribution in [0.1, 0.15) is 38.7 Å². The van der Waals surface area contributed by atoms with Crippen LogP contribution in [0.5, 0.6) is 0 Å². The smallest absolute Gasteiger partial charge is 0.230 e. The molecule has 0 saturated carbocycles. The monoisotopic (exact) mass is 335 g/mol. The maximum atomic E-state index is 13.0. The number of carbonyl (C=O) groups is 1. The average Bonchev–Trinajstić information content (AvgIpc) is 2.84. The molecule has 0 radical (unpaired) electrons. The molecule has 0 unspecified atom stereocenters. The molecule has 1 fully saturated rings. The molecule has 0 spiro atoms. The lowest BCUT2D eigenvalue weighted by molar-refractivity contribution is -0.142. The predicted molar refractivity (Wildman–Crippen MR) is 94.9 cm³/mol. The minimum absolute atomic E-state index is 0.205. The van der Waals surface area contributed by atoms with Crippen molar-refractivity contribution in [2.45, 2.75) is 39.7 Å². The fourth-order valence-electron chi connectivity index (χ4n) is 3.44. The van der Waals surface area contributed by atoms with E-state index in [2.05, 4.69) is 4.90 Å². The van der Waals surface area contributed by atoms with E-state index in [0.29, 0.717) is 6.54 Å². The SMILES string of the molecule is CCC(CC)(CN)C(=O)N1CCCN(Cc2ccc(F)cc2)CC1. The van der Waals surface area contributed by atoms with Gasteiger partial charge in [-0.25, -0.2) is 4.39 Å². The van der Waals surface area contributed by atoms with E-state index < -0.39 is 5.41 Å². The largest absolute Gasteiger partial charge is 0.341 e. The van der Waals surface area contributed by atoms with Gasteiger partial charge in [-0.1, -0.05) is 26.0 Å². The number of amides is 1. The summed E-state index contributed by atoms with van der Waals surface area (Å²) in [7, 11) is 0. The van der Waals surface area contributed by atoms with Crippen molar-refractivity contribution in [3.8, 4) is 0 Å². The topological polar surface area (TPSA) is 49.6 Å². The van der Waals surface area contributed by atoms with Crippen molar-refractivity contribution in [2.75, 3.05) is 32.7 Å². The second-order valence-electron chi connectivity index (χ2n) is 6.74. The van der Waals surface area contributed by atoms with Gasteiger partial charge < -0.3 is 10.6 Å². The van der Waals surface area contributed by atoms with Crippen LogP contribution in [0.3, 0.4) is 0 Å². The molecule has 5 heteroatoms.